The quantitative estimate of drug-likeness (QED) is 0.913. The molecule has 4 heteroatoms. The third-order valence-electron chi connectivity index (χ3n) is 2.89. The second-order valence-electron chi connectivity index (χ2n) is 4.17. The van der Waals surface area contributed by atoms with E-state index in [-0.39, 0.29) is 16.9 Å². The van der Waals surface area contributed by atoms with Crippen molar-refractivity contribution < 1.29 is 13.5 Å². The Hall–Kier alpha value is -1.94. The summed E-state index contributed by atoms with van der Waals surface area (Å²) >= 11 is 0. The summed E-state index contributed by atoms with van der Waals surface area (Å²) in [7, 11) is 3.19. The van der Waals surface area contributed by atoms with Crippen LogP contribution in [0.4, 0.5) is 8.78 Å². The van der Waals surface area contributed by atoms with Crippen molar-refractivity contribution in [3.63, 3.8) is 0 Å². The topological polar surface area (TPSA) is 21.3 Å². The average Bonchev–Trinajstić information content (AvgIpc) is 2.42. The summed E-state index contributed by atoms with van der Waals surface area (Å²) < 4.78 is 32.9. The largest absolute Gasteiger partial charge is 0.494 e. The molecule has 0 radical (unpaired) electrons. The molecule has 0 saturated carbocycles. The van der Waals surface area contributed by atoms with E-state index >= 15 is 0 Å². The van der Waals surface area contributed by atoms with Gasteiger partial charge in [0.2, 0.25) is 0 Å². The van der Waals surface area contributed by atoms with Gasteiger partial charge < -0.3 is 10.1 Å². The molecule has 0 spiro atoms. The van der Waals surface area contributed by atoms with E-state index in [1.54, 1.807) is 31.3 Å². The van der Waals surface area contributed by atoms with E-state index in [0.29, 0.717) is 6.54 Å². The summed E-state index contributed by atoms with van der Waals surface area (Å²) in [6.45, 7) is 0.596. The van der Waals surface area contributed by atoms with Crippen molar-refractivity contribution in [3.05, 3.63) is 53.6 Å². The van der Waals surface area contributed by atoms with Crippen molar-refractivity contribution in [3.8, 4) is 16.9 Å². The Labute approximate surface area is 111 Å². The molecule has 1 N–H and O–H groups in total. The molecule has 2 aromatic rings. The number of methoxy groups -OCH3 is 1. The van der Waals surface area contributed by atoms with Gasteiger partial charge in [-0.1, -0.05) is 18.2 Å². The van der Waals surface area contributed by atoms with Crippen LogP contribution in [0.1, 0.15) is 5.56 Å². The maximum absolute atomic E-state index is 14.1. The summed E-state index contributed by atoms with van der Waals surface area (Å²) in [5.74, 6) is -0.895. The van der Waals surface area contributed by atoms with Crippen molar-refractivity contribution in [2.45, 2.75) is 6.54 Å². The molecule has 0 aromatic heterocycles. The molecule has 0 heterocycles. The Bertz CT molecular complexity index is 584. The molecule has 2 nitrogen and oxygen atoms in total. The SMILES string of the molecule is CNCc1ccc(F)c(-c2cccc(OC)c2F)c1. The van der Waals surface area contributed by atoms with Gasteiger partial charge in [-0.15, -0.1) is 0 Å². The molecule has 0 saturated heterocycles. The summed E-state index contributed by atoms with van der Waals surface area (Å²) in [6, 6.07) is 9.35. The van der Waals surface area contributed by atoms with E-state index in [1.165, 1.54) is 19.2 Å². The molecule has 0 aliphatic heterocycles. The first kappa shape index (κ1) is 13.5. The van der Waals surface area contributed by atoms with Crippen molar-refractivity contribution in [2.75, 3.05) is 14.2 Å². The fraction of sp³-hybridized carbons (Fsp3) is 0.200. The van der Waals surface area contributed by atoms with Crippen molar-refractivity contribution >= 4 is 0 Å². The molecule has 0 aliphatic carbocycles. The smallest absolute Gasteiger partial charge is 0.172 e. The van der Waals surface area contributed by atoms with Crippen LogP contribution in [0, 0.1) is 11.6 Å². The lowest BCUT2D eigenvalue weighted by Crippen LogP contribution is -2.05. The number of nitrogens with one attached hydrogen (secondary N) is 1. The molecule has 0 bridgehead atoms. The van der Waals surface area contributed by atoms with E-state index < -0.39 is 11.6 Å². The first-order valence-electron chi connectivity index (χ1n) is 5.93. The van der Waals surface area contributed by atoms with E-state index in [0.717, 1.165) is 5.56 Å². The highest BCUT2D eigenvalue weighted by Crippen LogP contribution is 2.31. The minimum Gasteiger partial charge on any atom is -0.494 e. The number of hydrogen-bond acceptors (Lipinski definition) is 2. The minimum absolute atomic E-state index is 0.107. The van der Waals surface area contributed by atoms with Crippen LogP contribution in [0.3, 0.4) is 0 Å². The lowest BCUT2D eigenvalue weighted by atomic mass is 10.0. The molecule has 2 aromatic carbocycles. The molecule has 0 atom stereocenters. The second kappa shape index (κ2) is 5.80. The standard InChI is InChI=1S/C15H15F2NO/c1-18-9-10-6-7-13(16)12(8-10)11-4-3-5-14(19-2)15(11)17/h3-8,18H,9H2,1-2H3. The summed E-state index contributed by atoms with van der Waals surface area (Å²) in [6.07, 6.45) is 0. The number of halogens is 2. The zero-order chi connectivity index (χ0) is 13.8. The molecule has 2 rings (SSSR count). The monoisotopic (exact) mass is 263 g/mol. The van der Waals surface area contributed by atoms with Crippen LogP contribution in [0.15, 0.2) is 36.4 Å². The van der Waals surface area contributed by atoms with E-state index in [4.69, 9.17) is 4.74 Å². The summed E-state index contributed by atoms with van der Waals surface area (Å²) in [5, 5.41) is 2.98. The summed E-state index contributed by atoms with van der Waals surface area (Å²) in [5.41, 5.74) is 1.33. The molecule has 0 unspecified atom stereocenters. The van der Waals surface area contributed by atoms with E-state index in [2.05, 4.69) is 5.32 Å². The highest BCUT2D eigenvalue weighted by molar-refractivity contribution is 5.67. The predicted molar refractivity (Wildman–Crippen MR) is 71.1 cm³/mol. The highest BCUT2D eigenvalue weighted by Gasteiger charge is 2.14. The van der Waals surface area contributed by atoms with Gasteiger partial charge in [0.25, 0.3) is 0 Å². The Morgan fingerprint density at radius 3 is 2.58 bits per heavy atom. The number of rotatable bonds is 4. The first-order valence-corrected chi connectivity index (χ1v) is 5.93. The zero-order valence-electron chi connectivity index (χ0n) is 10.8. The van der Waals surface area contributed by atoms with Crippen LogP contribution in [-0.2, 0) is 6.54 Å². The third kappa shape index (κ3) is 2.74. The van der Waals surface area contributed by atoms with Gasteiger partial charge in [0.05, 0.1) is 7.11 Å². The molecule has 0 aliphatic rings. The fourth-order valence-electron chi connectivity index (χ4n) is 1.97. The second-order valence-corrected chi connectivity index (χ2v) is 4.17. The average molecular weight is 263 g/mol. The predicted octanol–water partition coefficient (Wildman–Crippen LogP) is 3.36. The van der Waals surface area contributed by atoms with Crippen LogP contribution < -0.4 is 10.1 Å². The number of ether oxygens (including phenoxy) is 1. The molecular formula is C15H15F2NO. The highest BCUT2D eigenvalue weighted by atomic mass is 19.1. The minimum atomic E-state index is -0.550. The molecule has 0 amide bonds. The Morgan fingerprint density at radius 1 is 1.11 bits per heavy atom. The first-order chi connectivity index (χ1) is 9.17. The zero-order valence-corrected chi connectivity index (χ0v) is 10.8. The van der Waals surface area contributed by atoms with Crippen LogP contribution >= 0.6 is 0 Å². The molecule has 100 valence electrons. The molecule has 0 fully saturated rings. The number of benzene rings is 2. The van der Waals surface area contributed by atoms with E-state index in [1.807, 2.05) is 0 Å². The Kier molecular flexibility index (Phi) is 4.12. The van der Waals surface area contributed by atoms with Crippen LogP contribution in [0.25, 0.3) is 11.1 Å². The van der Waals surface area contributed by atoms with E-state index in [9.17, 15) is 8.78 Å². The fourth-order valence-corrected chi connectivity index (χ4v) is 1.97. The van der Waals surface area contributed by atoms with Gasteiger partial charge in [-0.3, -0.25) is 0 Å². The van der Waals surface area contributed by atoms with Crippen LogP contribution in [-0.4, -0.2) is 14.2 Å². The normalized spacial score (nSPS) is 10.5. The van der Waals surface area contributed by atoms with Gasteiger partial charge in [0.1, 0.15) is 5.82 Å². The van der Waals surface area contributed by atoms with Crippen molar-refractivity contribution in [1.29, 1.82) is 0 Å². The van der Waals surface area contributed by atoms with Gasteiger partial charge in [0.15, 0.2) is 11.6 Å². The van der Waals surface area contributed by atoms with Crippen molar-refractivity contribution in [1.82, 2.24) is 5.32 Å². The molecular weight excluding hydrogens is 248 g/mol. The summed E-state index contributed by atoms with van der Waals surface area (Å²) in [4.78, 5) is 0. The van der Waals surface area contributed by atoms with Gasteiger partial charge in [-0.05, 0) is 30.8 Å². The lowest BCUT2D eigenvalue weighted by Gasteiger charge is -2.10. The lowest BCUT2D eigenvalue weighted by molar-refractivity contribution is 0.387. The van der Waals surface area contributed by atoms with Gasteiger partial charge in [-0.25, -0.2) is 8.78 Å². The maximum atomic E-state index is 14.1. The van der Waals surface area contributed by atoms with Crippen LogP contribution in [0.5, 0.6) is 5.75 Å². The van der Waals surface area contributed by atoms with Crippen LogP contribution in [0.2, 0.25) is 0 Å². The Morgan fingerprint density at radius 2 is 1.89 bits per heavy atom. The molecule has 19 heavy (non-hydrogen) atoms. The van der Waals surface area contributed by atoms with Gasteiger partial charge >= 0.3 is 0 Å². The van der Waals surface area contributed by atoms with Crippen molar-refractivity contribution in [2.24, 2.45) is 0 Å². The van der Waals surface area contributed by atoms with Gasteiger partial charge in [0, 0.05) is 17.7 Å². The maximum Gasteiger partial charge on any atom is 0.172 e. The third-order valence-corrected chi connectivity index (χ3v) is 2.89. The van der Waals surface area contributed by atoms with Gasteiger partial charge in [-0.2, -0.15) is 0 Å². The number of hydrogen-bond donors (Lipinski definition) is 1. The Balaban J connectivity index is 2.54.